The summed E-state index contributed by atoms with van der Waals surface area (Å²) in [6.07, 6.45) is 1.79. The van der Waals surface area contributed by atoms with Crippen LogP contribution in [-0.2, 0) is 16.1 Å². The molecular formula is C13H16N2O3S. The molecule has 0 aromatic carbocycles. The zero-order valence-corrected chi connectivity index (χ0v) is 11.9. The lowest BCUT2D eigenvalue weighted by molar-refractivity contribution is -0.144. The number of hydrogen-bond donors (Lipinski definition) is 1. The van der Waals surface area contributed by atoms with E-state index < -0.39 is 5.60 Å². The molecule has 0 saturated carbocycles. The summed E-state index contributed by atoms with van der Waals surface area (Å²) in [6, 6.07) is 3.64. The van der Waals surface area contributed by atoms with Gasteiger partial charge in [0.05, 0.1) is 24.0 Å². The Balaban J connectivity index is 1.91. The molecule has 2 rings (SSSR count). The topological polar surface area (TPSA) is 64.4 Å². The first kappa shape index (κ1) is 13.8. The minimum atomic E-state index is -0.406. The van der Waals surface area contributed by atoms with Crippen LogP contribution in [0.2, 0.25) is 0 Å². The van der Waals surface area contributed by atoms with Crippen LogP contribution < -0.4 is 5.48 Å². The van der Waals surface area contributed by atoms with E-state index in [0.29, 0.717) is 11.5 Å². The Morgan fingerprint density at radius 3 is 2.95 bits per heavy atom. The molecule has 0 unspecified atom stereocenters. The van der Waals surface area contributed by atoms with Crippen molar-refractivity contribution in [3.8, 4) is 10.8 Å². The summed E-state index contributed by atoms with van der Waals surface area (Å²) in [5.74, 6) is 0.494. The smallest absolute Gasteiger partial charge is 0.249 e. The number of carbonyl (C=O) groups excluding carboxylic acids is 1. The van der Waals surface area contributed by atoms with Crippen LogP contribution in [0.15, 0.2) is 28.2 Å². The van der Waals surface area contributed by atoms with Gasteiger partial charge in [0.25, 0.3) is 0 Å². The van der Waals surface area contributed by atoms with E-state index in [1.165, 1.54) is 11.3 Å². The normalized spacial score (nSPS) is 11.5. The number of rotatable bonds is 4. The molecule has 1 amide bonds. The molecule has 0 aliphatic rings. The first-order chi connectivity index (χ1) is 8.94. The van der Waals surface area contributed by atoms with Crippen molar-refractivity contribution in [2.75, 3.05) is 0 Å². The molecule has 0 atom stereocenters. The van der Waals surface area contributed by atoms with Crippen molar-refractivity contribution in [1.29, 1.82) is 0 Å². The first-order valence-corrected chi connectivity index (χ1v) is 6.77. The van der Waals surface area contributed by atoms with Crippen LogP contribution in [-0.4, -0.2) is 16.5 Å². The lowest BCUT2D eigenvalue weighted by atomic mass is 10.2. The van der Waals surface area contributed by atoms with E-state index in [2.05, 4.69) is 10.5 Å². The number of amides is 1. The Bertz CT molecular complexity index is 540. The molecule has 1 N–H and O–H groups in total. The van der Waals surface area contributed by atoms with Crippen LogP contribution in [0.5, 0.6) is 0 Å². The van der Waals surface area contributed by atoms with E-state index in [9.17, 15) is 4.79 Å². The minimum absolute atomic E-state index is 0.188. The average molecular weight is 280 g/mol. The van der Waals surface area contributed by atoms with Crippen LogP contribution in [0.4, 0.5) is 0 Å². The summed E-state index contributed by atoms with van der Waals surface area (Å²) in [4.78, 5) is 21.2. The van der Waals surface area contributed by atoms with Gasteiger partial charge in [0.15, 0.2) is 10.8 Å². The summed E-state index contributed by atoms with van der Waals surface area (Å²) < 4.78 is 5.25. The van der Waals surface area contributed by atoms with Gasteiger partial charge in [-0.05, 0) is 32.9 Å². The standard InChI is InChI=1S/C13H16N2O3S/c1-13(2,3)18-15-11(16)7-9-8-19-12(14-9)10-5-4-6-17-10/h4-6,8H,7H2,1-3H3,(H,15,16). The van der Waals surface area contributed by atoms with Crippen LogP contribution in [0.1, 0.15) is 26.5 Å². The van der Waals surface area contributed by atoms with Crippen LogP contribution >= 0.6 is 11.3 Å². The summed E-state index contributed by atoms with van der Waals surface area (Å²) in [6.45, 7) is 5.60. The molecule has 0 saturated heterocycles. The number of carbonyl (C=O) groups is 1. The highest BCUT2D eigenvalue weighted by molar-refractivity contribution is 7.13. The predicted octanol–water partition coefficient (Wildman–Crippen LogP) is 2.79. The number of nitrogens with zero attached hydrogens (tertiary/aromatic N) is 1. The first-order valence-electron chi connectivity index (χ1n) is 5.89. The van der Waals surface area contributed by atoms with Crippen molar-refractivity contribution in [2.45, 2.75) is 32.8 Å². The van der Waals surface area contributed by atoms with Crippen LogP contribution in [0.25, 0.3) is 10.8 Å². The fraction of sp³-hybridized carbons (Fsp3) is 0.385. The van der Waals surface area contributed by atoms with Crippen molar-refractivity contribution in [2.24, 2.45) is 0 Å². The second-order valence-electron chi connectivity index (χ2n) is 5.04. The molecule has 0 bridgehead atoms. The van der Waals surface area contributed by atoms with Gasteiger partial charge in [-0.1, -0.05) is 0 Å². The van der Waals surface area contributed by atoms with Gasteiger partial charge in [0.1, 0.15) is 0 Å². The molecule has 102 valence electrons. The van der Waals surface area contributed by atoms with Gasteiger partial charge in [0, 0.05) is 5.38 Å². The molecule has 0 radical (unpaired) electrons. The molecular weight excluding hydrogens is 264 g/mol. The zero-order valence-electron chi connectivity index (χ0n) is 11.1. The van der Waals surface area contributed by atoms with E-state index in [1.54, 1.807) is 12.3 Å². The molecule has 2 aromatic heterocycles. The zero-order chi connectivity index (χ0) is 13.9. The number of nitrogens with one attached hydrogen (secondary N) is 1. The monoisotopic (exact) mass is 280 g/mol. The maximum absolute atomic E-state index is 11.7. The number of hydroxylamine groups is 1. The van der Waals surface area contributed by atoms with E-state index in [-0.39, 0.29) is 12.3 Å². The van der Waals surface area contributed by atoms with Gasteiger partial charge in [-0.25, -0.2) is 10.5 Å². The van der Waals surface area contributed by atoms with Gasteiger partial charge in [-0.2, -0.15) is 0 Å². The van der Waals surface area contributed by atoms with Gasteiger partial charge in [-0.3, -0.25) is 9.63 Å². The Labute approximate surface area is 115 Å². The predicted molar refractivity (Wildman–Crippen MR) is 72.5 cm³/mol. The third-order valence-electron chi connectivity index (χ3n) is 2.10. The van der Waals surface area contributed by atoms with E-state index in [0.717, 1.165) is 5.01 Å². The number of thiazole rings is 1. The number of aromatic nitrogens is 1. The van der Waals surface area contributed by atoms with Crippen molar-refractivity contribution in [3.05, 3.63) is 29.5 Å². The molecule has 19 heavy (non-hydrogen) atoms. The Morgan fingerprint density at radius 1 is 1.53 bits per heavy atom. The van der Waals surface area contributed by atoms with Crippen molar-refractivity contribution < 1.29 is 14.0 Å². The maximum atomic E-state index is 11.7. The van der Waals surface area contributed by atoms with Crippen molar-refractivity contribution in [1.82, 2.24) is 10.5 Å². The third kappa shape index (κ3) is 4.18. The fourth-order valence-corrected chi connectivity index (χ4v) is 2.10. The quantitative estimate of drug-likeness (QED) is 0.875. The van der Waals surface area contributed by atoms with Crippen molar-refractivity contribution >= 4 is 17.2 Å². The molecule has 0 aliphatic carbocycles. The Hall–Kier alpha value is -1.66. The lowest BCUT2D eigenvalue weighted by Gasteiger charge is -2.18. The van der Waals surface area contributed by atoms with E-state index in [1.807, 2.05) is 32.2 Å². The van der Waals surface area contributed by atoms with Crippen LogP contribution in [0, 0.1) is 0 Å². The van der Waals surface area contributed by atoms with Gasteiger partial charge < -0.3 is 4.42 Å². The molecule has 2 aromatic rings. The summed E-state index contributed by atoms with van der Waals surface area (Å²) in [5, 5.41) is 2.61. The second-order valence-corrected chi connectivity index (χ2v) is 5.90. The highest BCUT2D eigenvalue weighted by Crippen LogP contribution is 2.24. The lowest BCUT2D eigenvalue weighted by Crippen LogP contribution is -2.34. The number of furan rings is 1. The Kier molecular flexibility index (Phi) is 4.01. The minimum Gasteiger partial charge on any atom is -0.462 e. The van der Waals surface area contributed by atoms with Gasteiger partial charge >= 0.3 is 0 Å². The highest BCUT2D eigenvalue weighted by atomic mass is 32.1. The fourth-order valence-electron chi connectivity index (χ4n) is 1.31. The van der Waals surface area contributed by atoms with E-state index >= 15 is 0 Å². The highest BCUT2D eigenvalue weighted by Gasteiger charge is 2.14. The Morgan fingerprint density at radius 2 is 2.32 bits per heavy atom. The molecule has 0 fully saturated rings. The van der Waals surface area contributed by atoms with Crippen LogP contribution in [0.3, 0.4) is 0 Å². The summed E-state index contributed by atoms with van der Waals surface area (Å²) >= 11 is 1.45. The maximum Gasteiger partial charge on any atom is 0.249 e. The summed E-state index contributed by atoms with van der Waals surface area (Å²) in [5.41, 5.74) is 2.71. The molecule has 0 aliphatic heterocycles. The SMILES string of the molecule is CC(C)(C)ONC(=O)Cc1csc(-c2ccco2)n1. The molecule has 0 spiro atoms. The summed E-state index contributed by atoms with van der Waals surface area (Å²) in [7, 11) is 0. The number of hydrogen-bond acceptors (Lipinski definition) is 5. The molecule has 5 nitrogen and oxygen atoms in total. The van der Waals surface area contributed by atoms with Gasteiger partial charge in [-0.15, -0.1) is 11.3 Å². The van der Waals surface area contributed by atoms with Gasteiger partial charge in [0.2, 0.25) is 5.91 Å². The van der Waals surface area contributed by atoms with E-state index in [4.69, 9.17) is 9.25 Å². The third-order valence-corrected chi connectivity index (χ3v) is 3.00. The van der Waals surface area contributed by atoms with Crippen molar-refractivity contribution in [3.63, 3.8) is 0 Å². The largest absolute Gasteiger partial charge is 0.462 e. The average Bonchev–Trinajstić information content (AvgIpc) is 2.94. The molecule has 6 heteroatoms. The second kappa shape index (κ2) is 5.54. The molecule has 2 heterocycles.